The Morgan fingerprint density at radius 2 is 1.43 bits per heavy atom. The predicted octanol–water partition coefficient (Wildman–Crippen LogP) is 18.5. The van der Waals surface area contributed by atoms with E-state index in [1.54, 1.807) is 5.56 Å². The summed E-state index contributed by atoms with van der Waals surface area (Å²) in [6, 6.07) is 43.0. The van der Waals surface area contributed by atoms with Crippen molar-refractivity contribution in [3.63, 3.8) is 0 Å². The molecule has 1 saturated carbocycles. The molecule has 0 spiro atoms. The lowest BCUT2D eigenvalue weighted by Crippen LogP contribution is -2.30. The number of aryl methyl sites for hydroxylation is 5. The molecule has 0 N–H and O–H groups in total. The Morgan fingerprint density at radius 1 is 0.703 bits per heavy atom. The molecule has 5 heteroatoms. The Morgan fingerprint density at radius 3 is 2.18 bits per heavy atom. The molecule has 1 fully saturated rings. The smallest absolute Gasteiger partial charge is 0.294 e. The fraction of sp³-hybridized carbons (Fsp3) is 0.333. The van der Waals surface area contributed by atoms with Crippen LogP contribution in [0.3, 0.4) is 0 Å². The van der Waals surface area contributed by atoms with E-state index < -0.39 is 0 Å². The maximum atomic E-state index is 6.61. The minimum atomic E-state index is 0.455. The number of hydrogen-bond acceptors (Lipinski definition) is 2. The highest BCUT2D eigenvalue weighted by Gasteiger charge is 2.35. The fourth-order valence-electron chi connectivity index (χ4n) is 12.8. The second-order valence-electron chi connectivity index (χ2n) is 22.1. The van der Waals surface area contributed by atoms with Gasteiger partial charge in [-0.25, -0.2) is 9.55 Å². The van der Waals surface area contributed by atoms with Gasteiger partial charge >= 0.3 is 0 Å². The lowest BCUT2D eigenvalue weighted by Gasteiger charge is -2.30. The monoisotopic (exact) mass is 976 g/mol. The maximum absolute atomic E-state index is 6.61. The number of imidazole rings is 2. The van der Waals surface area contributed by atoms with Crippen LogP contribution >= 0.6 is 0 Å². The molecule has 5 nitrogen and oxygen atoms in total. The molecule has 6 aromatic carbocycles. The van der Waals surface area contributed by atoms with Crippen LogP contribution in [-0.4, -0.2) is 14.1 Å². The van der Waals surface area contributed by atoms with Crippen molar-refractivity contribution in [2.45, 2.75) is 150 Å². The van der Waals surface area contributed by atoms with Crippen LogP contribution < -0.4 is 4.57 Å². The third-order valence-corrected chi connectivity index (χ3v) is 16.4. The zero-order chi connectivity index (χ0) is 51.0. The molecule has 376 valence electrons. The molecule has 12 rings (SSSR count). The van der Waals surface area contributed by atoms with Crippen molar-refractivity contribution in [1.29, 1.82) is 0 Å². The highest BCUT2D eigenvalue weighted by molar-refractivity contribution is 6.08. The summed E-state index contributed by atoms with van der Waals surface area (Å²) >= 11 is 0. The van der Waals surface area contributed by atoms with Crippen LogP contribution in [0, 0.1) is 27.7 Å². The summed E-state index contributed by atoms with van der Waals surface area (Å²) in [5.74, 6) is 5.13. The average Bonchev–Trinajstić information content (AvgIpc) is 4.21. The van der Waals surface area contributed by atoms with Crippen molar-refractivity contribution in [2.24, 2.45) is 0 Å². The number of nitrogens with zero attached hydrogens (tertiary/aromatic N) is 4. The van der Waals surface area contributed by atoms with E-state index in [9.17, 15) is 0 Å². The van der Waals surface area contributed by atoms with Crippen molar-refractivity contribution >= 4 is 17.0 Å². The van der Waals surface area contributed by atoms with E-state index in [0.717, 1.165) is 36.6 Å². The SMILES string of the molecule is CCCC(CCC)c1cccc(C2CCCCC2)c1-n1c(C)cnc1-c1ccc(C)cc1C(C)C.Cc1ccc(-c2cc3oc4c(c3c(-c3ccccc3)c2-n2cc[n+]3c2-c2ccc(C)cc2C3)C=CCC4)cc1. The number of hydrogen-bond donors (Lipinski definition) is 0. The molecule has 0 unspecified atom stereocenters. The van der Waals surface area contributed by atoms with Crippen LogP contribution in [0.2, 0.25) is 0 Å². The van der Waals surface area contributed by atoms with Gasteiger partial charge in [0.15, 0.2) is 0 Å². The Hall–Kier alpha value is -6.98. The minimum absolute atomic E-state index is 0.455. The van der Waals surface area contributed by atoms with E-state index in [0.29, 0.717) is 17.8 Å². The molecular weight excluding hydrogens is 901 g/mol. The zero-order valence-corrected chi connectivity index (χ0v) is 45.3. The quantitative estimate of drug-likeness (QED) is 0.114. The maximum Gasteiger partial charge on any atom is 0.294 e. The Labute approximate surface area is 440 Å². The number of allylic oxidation sites excluding steroid dienone is 1. The highest BCUT2D eigenvalue weighted by Crippen LogP contribution is 2.48. The van der Waals surface area contributed by atoms with Crippen molar-refractivity contribution in [1.82, 2.24) is 14.1 Å². The molecule has 2 aliphatic carbocycles. The number of para-hydroxylation sites is 1. The number of furan rings is 1. The fourth-order valence-corrected chi connectivity index (χ4v) is 12.8. The second kappa shape index (κ2) is 21.1. The lowest BCUT2D eigenvalue weighted by atomic mass is 9.80. The van der Waals surface area contributed by atoms with Gasteiger partial charge in [-0.3, -0.25) is 4.57 Å². The first kappa shape index (κ1) is 49.2. The van der Waals surface area contributed by atoms with Gasteiger partial charge in [0, 0.05) is 51.5 Å². The Kier molecular flexibility index (Phi) is 14.0. The van der Waals surface area contributed by atoms with Gasteiger partial charge < -0.3 is 4.42 Å². The molecule has 0 radical (unpaired) electrons. The molecule has 1 aliphatic heterocycles. The van der Waals surface area contributed by atoms with Crippen molar-refractivity contribution in [3.8, 4) is 56.4 Å². The summed E-state index contributed by atoms with van der Waals surface area (Å²) in [6.07, 6.45) is 24.7. The van der Waals surface area contributed by atoms with Gasteiger partial charge in [0.25, 0.3) is 5.82 Å². The molecular formula is C69H75N4O+. The number of rotatable bonds is 12. The number of benzene rings is 6. The van der Waals surface area contributed by atoms with Crippen molar-refractivity contribution in [2.75, 3.05) is 0 Å². The summed E-state index contributed by atoms with van der Waals surface area (Å²) in [4.78, 5) is 5.08. The minimum Gasteiger partial charge on any atom is -0.460 e. The lowest BCUT2D eigenvalue weighted by molar-refractivity contribution is -0.671. The summed E-state index contributed by atoms with van der Waals surface area (Å²) < 4.78 is 13.9. The van der Waals surface area contributed by atoms with Crippen molar-refractivity contribution in [3.05, 3.63) is 196 Å². The molecule has 0 atom stereocenters. The van der Waals surface area contributed by atoms with Gasteiger partial charge in [-0.1, -0.05) is 192 Å². The van der Waals surface area contributed by atoms with Gasteiger partial charge in [-0.15, -0.1) is 0 Å². The first-order valence-electron chi connectivity index (χ1n) is 28.0. The molecule has 9 aromatic rings. The summed E-state index contributed by atoms with van der Waals surface area (Å²) in [5, 5.41) is 1.20. The van der Waals surface area contributed by atoms with Crippen LogP contribution in [0.25, 0.3) is 73.4 Å². The third-order valence-electron chi connectivity index (χ3n) is 16.4. The number of aromatic nitrogens is 4. The molecule has 3 aliphatic rings. The van der Waals surface area contributed by atoms with Crippen molar-refractivity contribution < 1.29 is 8.98 Å². The summed E-state index contributed by atoms with van der Waals surface area (Å²) in [6.45, 7) is 18.9. The van der Waals surface area contributed by atoms with Gasteiger partial charge in [0.1, 0.15) is 41.8 Å². The Bertz CT molecular complexity index is 3490. The van der Waals surface area contributed by atoms with Gasteiger partial charge in [0.2, 0.25) is 0 Å². The normalized spacial score (nSPS) is 14.1. The van der Waals surface area contributed by atoms with E-state index in [1.165, 1.54) is 158 Å². The topological polar surface area (TPSA) is 39.8 Å². The second-order valence-corrected chi connectivity index (χ2v) is 22.1. The van der Waals surface area contributed by atoms with E-state index in [-0.39, 0.29) is 0 Å². The first-order valence-corrected chi connectivity index (χ1v) is 28.0. The zero-order valence-electron chi connectivity index (χ0n) is 45.3. The number of fused-ring (bicyclic) bond motifs is 6. The Balaban J connectivity index is 0.000000160. The van der Waals surface area contributed by atoms with E-state index in [2.05, 4.69) is 215 Å². The van der Waals surface area contributed by atoms with Gasteiger partial charge in [0.05, 0.1) is 11.3 Å². The molecule has 0 saturated heterocycles. The average molecular weight is 976 g/mol. The highest BCUT2D eigenvalue weighted by atomic mass is 16.3. The van der Waals surface area contributed by atoms with E-state index >= 15 is 0 Å². The van der Waals surface area contributed by atoms with Crippen LogP contribution in [0.4, 0.5) is 0 Å². The van der Waals surface area contributed by atoms with Gasteiger partial charge in [-0.2, -0.15) is 4.57 Å². The predicted molar refractivity (Wildman–Crippen MR) is 309 cm³/mol. The van der Waals surface area contributed by atoms with Crippen LogP contribution in [-0.2, 0) is 13.0 Å². The first-order chi connectivity index (χ1) is 36.1. The molecule has 0 bridgehead atoms. The molecule has 4 heterocycles. The summed E-state index contributed by atoms with van der Waals surface area (Å²) in [5.41, 5.74) is 23.2. The molecule has 3 aromatic heterocycles. The summed E-state index contributed by atoms with van der Waals surface area (Å²) in [7, 11) is 0. The molecule has 0 amide bonds. The van der Waals surface area contributed by atoms with E-state index in [4.69, 9.17) is 9.40 Å². The van der Waals surface area contributed by atoms with Crippen LogP contribution in [0.1, 0.15) is 166 Å². The molecule has 74 heavy (non-hydrogen) atoms. The van der Waals surface area contributed by atoms with Crippen LogP contribution in [0.15, 0.2) is 144 Å². The standard InChI is InChI=1S/C36H29N2O.C33H46N2/c1-23-12-15-25(16-13-23)30-21-32-34(29-10-6-7-11-31(29)39-32)33(26-8-4-3-5-9-26)35(30)38-19-18-37-22-27-20-24(2)14-17-28(27)36(37)38;1-7-13-26(14-8-2)28-17-12-18-29(27-15-10-9-11-16-27)32(28)35-25(6)22-34-33(35)30-20-19-24(5)21-31(30)23(3)4/h3-6,8-10,12-21H,7,11,22H2,1-2H3;12,17-23,26-27H,7-11,13-16H2,1-6H3/q+1;. The van der Waals surface area contributed by atoms with Crippen LogP contribution in [0.5, 0.6) is 0 Å². The third kappa shape index (κ3) is 9.22. The van der Waals surface area contributed by atoms with Gasteiger partial charge in [-0.05, 0) is 118 Å². The largest absolute Gasteiger partial charge is 0.460 e. The van der Waals surface area contributed by atoms with E-state index in [1.807, 2.05) is 0 Å².